The molecule has 1 saturated heterocycles. The molecular formula is C24H29FN4O. The Morgan fingerprint density at radius 3 is 2.63 bits per heavy atom. The van der Waals surface area contributed by atoms with Crippen LogP contribution in [0.4, 0.5) is 15.8 Å². The molecule has 0 saturated carbocycles. The Labute approximate surface area is 176 Å². The summed E-state index contributed by atoms with van der Waals surface area (Å²) in [6.07, 6.45) is 2.78. The van der Waals surface area contributed by atoms with Gasteiger partial charge in [-0.2, -0.15) is 0 Å². The third-order valence-electron chi connectivity index (χ3n) is 6.17. The molecule has 1 aromatic heterocycles. The van der Waals surface area contributed by atoms with Crippen LogP contribution in [0.3, 0.4) is 0 Å². The van der Waals surface area contributed by atoms with Gasteiger partial charge in [0, 0.05) is 55.0 Å². The van der Waals surface area contributed by atoms with E-state index in [-0.39, 0.29) is 11.7 Å². The van der Waals surface area contributed by atoms with Gasteiger partial charge in [-0.1, -0.05) is 6.92 Å². The Morgan fingerprint density at radius 1 is 1.17 bits per heavy atom. The van der Waals surface area contributed by atoms with E-state index in [1.165, 1.54) is 29.8 Å². The maximum atomic E-state index is 13.6. The van der Waals surface area contributed by atoms with E-state index >= 15 is 0 Å². The van der Waals surface area contributed by atoms with Crippen LogP contribution in [-0.2, 0) is 0 Å². The minimum absolute atomic E-state index is 0.00753. The van der Waals surface area contributed by atoms with Crippen LogP contribution in [0.15, 0.2) is 41.4 Å². The van der Waals surface area contributed by atoms with Gasteiger partial charge in [0.15, 0.2) is 5.88 Å². The van der Waals surface area contributed by atoms with Gasteiger partial charge in [0.05, 0.1) is 11.3 Å². The fourth-order valence-corrected chi connectivity index (χ4v) is 4.18. The molecule has 3 aromatic rings. The highest BCUT2D eigenvalue weighted by molar-refractivity contribution is 6.02. The van der Waals surface area contributed by atoms with Crippen molar-refractivity contribution in [3.05, 3.63) is 53.3 Å². The molecule has 0 amide bonds. The molecule has 30 heavy (non-hydrogen) atoms. The van der Waals surface area contributed by atoms with Crippen molar-refractivity contribution in [2.24, 2.45) is 4.99 Å². The molecule has 158 valence electrons. The van der Waals surface area contributed by atoms with Crippen molar-refractivity contribution < 1.29 is 9.50 Å². The van der Waals surface area contributed by atoms with Gasteiger partial charge in [-0.3, -0.25) is 9.89 Å². The van der Waals surface area contributed by atoms with E-state index in [1.54, 1.807) is 12.3 Å². The number of aliphatic imine (C=N–C) groups is 1. The van der Waals surface area contributed by atoms with Crippen LogP contribution in [0.2, 0.25) is 0 Å². The number of hydrogen-bond acceptors (Lipinski definition) is 4. The maximum Gasteiger partial charge on any atom is 0.198 e. The van der Waals surface area contributed by atoms with E-state index in [1.807, 2.05) is 6.07 Å². The Hall–Kier alpha value is -2.86. The smallest absolute Gasteiger partial charge is 0.198 e. The van der Waals surface area contributed by atoms with Gasteiger partial charge in [0.2, 0.25) is 0 Å². The lowest BCUT2D eigenvalue weighted by molar-refractivity contribution is 0.193. The summed E-state index contributed by atoms with van der Waals surface area (Å²) in [4.78, 5) is 12.4. The molecule has 0 aliphatic carbocycles. The predicted molar refractivity (Wildman–Crippen MR) is 122 cm³/mol. The van der Waals surface area contributed by atoms with Crippen LogP contribution in [0.1, 0.15) is 31.4 Å². The first-order valence-corrected chi connectivity index (χ1v) is 10.6. The Balaban J connectivity index is 1.51. The summed E-state index contributed by atoms with van der Waals surface area (Å²) in [5.74, 6) is -0.350. The van der Waals surface area contributed by atoms with Crippen molar-refractivity contribution in [3.63, 3.8) is 0 Å². The summed E-state index contributed by atoms with van der Waals surface area (Å²) >= 11 is 0. The number of anilines is 1. The fraction of sp³-hybridized carbons (Fsp3) is 0.375. The van der Waals surface area contributed by atoms with Crippen molar-refractivity contribution in [1.82, 2.24) is 9.88 Å². The Bertz CT molecular complexity index is 1070. The van der Waals surface area contributed by atoms with Crippen LogP contribution < -0.4 is 4.90 Å². The van der Waals surface area contributed by atoms with Crippen LogP contribution in [0.5, 0.6) is 5.88 Å². The van der Waals surface area contributed by atoms with Crippen LogP contribution in [-0.4, -0.2) is 53.4 Å². The molecule has 1 aliphatic heterocycles. The summed E-state index contributed by atoms with van der Waals surface area (Å²) in [6.45, 7) is 10.9. The number of nitrogens with one attached hydrogen (secondary N) is 1. The largest absolute Gasteiger partial charge is 0.494 e. The number of aromatic nitrogens is 1. The molecule has 5 nitrogen and oxygen atoms in total. The first-order valence-electron chi connectivity index (χ1n) is 10.6. The van der Waals surface area contributed by atoms with Crippen molar-refractivity contribution >= 4 is 28.5 Å². The minimum Gasteiger partial charge on any atom is -0.494 e. The number of benzene rings is 2. The van der Waals surface area contributed by atoms with Gasteiger partial charge in [-0.05, 0) is 62.2 Å². The summed E-state index contributed by atoms with van der Waals surface area (Å²) < 4.78 is 13.6. The highest BCUT2D eigenvalue weighted by Crippen LogP contribution is 2.29. The number of hydrogen-bond donors (Lipinski definition) is 2. The molecule has 0 spiro atoms. The highest BCUT2D eigenvalue weighted by Gasteiger charge is 2.21. The third-order valence-corrected chi connectivity index (χ3v) is 6.17. The van der Waals surface area contributed by atoms with E-state index in [9.17, 15) is 9.50 Å². The monoisotopic (exact) mass is 408 g/mol. The summed E-state index contributed by atoms with van der Waals surface area (Å²) in [5, 5.41) is 10.8. The summed E-state index contributed by atoms with van der Waals surface area (Å²) in [5.41, 5.74) is 4.40. The van der Waals surface area contributed by atoms with Gasteiger partial charge in [-0.15, -0.1) is 0 Å². The molecule has 2 N–H and O–H groups in total. The SMILES string of the molecule is CCC(C)N1CCN(c2ccc(N=Cc3c(O)[nH]c4ccc(F)cc34)cc2C)CC1. The number of H-pyrrole nitrogens is 1. The molecule has 6 heteroatoms. The second-order valence-corrected chi connectivity index (χ2v) is 8.09. The van der Waals surface area contributed by atoms with Crippen LogP contribution >= 0.6 is 0 Å². The molecule has 4 rings (SSSR count). The number of aromatic hydroxyl groups is 1. The van der Waals surface area contributed by atoms with E-state index in [4.69, 9.17) is 0 Å². The van der Waals surface area contributed by atoms with Gasteiger partial charge >= 0.3 is 0 Å². The van der Waals surface area contributed by atoms with E-state index in [0.717, 1.165) is 31.9 Å². The van der Waals surface area contributed by atoms with E-state index in [2.05, 4.69) is 52.7 Å². The summed E-state index contributed by atoms with van der Waals surface area (Å²) in [7, 11) is 0. The standard InChI is InChI=1S/C24H29FN4O/c1-4-17(3)28-9-11-29(12-10-28)23-8-6-19(13-16(23)2)26-15-21-20-14-18(25)5-7-22(20)27-24(21)30/h5-8,13-15,17,27,30H,4,9-12H2,1-3H3. The van der Waals surface area contributed by atoms with Crippen molar-refractivity contribution in [2.45, 2.75) is 33.2 Å². The average Bonchev–Trinajstić information content (AvgIpc) is 3.06. The second kappa shape index (κ2) is 8.48. The molecular weight excluding hydrogens is 379 g/mol. The quantitative estimate of drug-likeness (QED) is 0.585. The number of rotatable bonds is 5. The fourth-order valence-electron chi connectivity index (χ4n) is 4.18. The first-order chi connectivity index (χ1) is 14.5. The molecule has 2 heterocycles. The second-order valence-electron chi connectivity index (χ2n) is 8.09. The van der Waals surface area contributed by atoms with Crippen molar-refractivity contribution in [1.29, 1.82) is 0 Å². The number of nitrogens with zero attached hydrogens (tertiary/aromatic N) is 3. The van der Waals surface area contributed by atoms with Gasteiger partial charge in [0.25, 0.3) is 0 Å². The zero-order valence-corrected chi connectivity index (χ0v) is 17.8. The normalized spacial score (nSPS) is 16.6. The van der Waals surface area contributed by atoms with E-state index in [0.29, 0.717) is 22.5 Å². The van der Waals surface area contributed by atoms with Crippen molar-refractivity contribution in [2.75, 3.05) is 31.1 Å². The average molecular weight is 409 g/mol. The topological polar surface area (TPSA) is 54.9 Å². The number of aromatic amines is 1. The lowest BCUT2D eigenvalue weighted by Gasteiger charge is -2.39. The molecule has 1 aliphatic rings. The zero-order valence-electron chi connectivity index (χ0n) is 17.8. The lowest BCUT2D eigenvalue weighted by Crippen LogP contribution is -2.49. The molecule has 1 atom stereocenters. The first kappa shape index (κ1) is 20.4. The molecule has 2 aromatic carbocycles. The number of halogens is 1. The van der Waals surface area contributed by atoms with E-state index < -0.39 is 0 Å². The molecule has 1 fully saturated rings. The molecule has 0 bridgehead atoms. The highest BCUT2D eigenvalue weighted by atomic mass is 19.1. The van der Waals surface area contributed by atoms with Crippen molar-refractivity contribution in [3.8, 4) is 5.88 Å². The molecule has 0 radical (unpaired) electrons. The maximum absolute atomic E-state index is 13.6. The number of piperazine rings is 1. The number of fused-ring (bicyclic) bond motifs is 1. The lowest BCUT2D eigenvalue weighted by atomic mass is 10.1. The predicted octanol–water partition coefficient (Wildman–Crippen LogP) is 4.99. The third kappa shape index (κ3) is 4.05. The van der Waals surface area contributed by atoms with Gasteiger partial charge < -0.3 is 15.0 Å². The van der Waals surface area contributed by atoms with Gasteiger partial charge in [0.1, 0.15) is 5.82 Å². The Kier molecular flexibility index (Phi) is 5.77. The minimum atomic E-state index is -0.343. The zero-order chi connectivity index (χ0) is 21.3. The Morgan fingerprint density at radius 2 is 1.93 bits per heavy atom. The van der Waals surface area contributed by atoms with Crippen LogP contribution in [0, 0.1) is 12.7 Å². The summed E-state index contributed by atoms with van der Waals surface area (Å²) in [6, 6.07) is 11.2. The van der Waals surface area contributed by atoms with Gasteiger partial charge in [-0.25, -0.2) is 4.39 Å². The van der Waals surface area contributed by atoms with Crippen LogP contribution in [0.25, 0.3) is 10.9 Å². The molecule has 1 unspecified atom stereocenters. The number of aryl methyl sites for hydroxylation is 1.